The number of carbonyl (C=O) groups is 1. The molecule has 0 bridgehead atoms. The monoisotopic (exact) mass is 390 g/mol. The average Bonchev–Trinajstić information content (AvgIpc) is 3.31. The van der Waals surface area contributed by atoms with Crippen molar-refractivity contribution in [1.82, 2.24) is 9.47 Å². The van der Waals surface area contributed by atoms with E-state index in [1.165, 1.54) is 30.4 Å². The lowest BCUT2D eigenvalue weighted by molar-refractivity contribution is -0.138. The molecule has 2 aromatic heterocycles. The van der Waals surface area contributed by atoms with Gasteiger partial charge < -0.3 is 9.47 Å². The molecule has 1 atom stereocenters. The van der Waals surface area contributed by atoms with Gasteiger partial charge in [0.25, 0.3) is 5.91 Å². The number of hydrogen-bond acceptors (Lipinski definition) is 2. The van der Waals surface area contributed by atoms with E-state index in [-0.39, 0.29) is 23.1 Å². The molecule has 1 aromatic carbocycles. The van der Waals surface area contributed by atoms with Gasteiger partial charge in [0, 0.05) is 35.4 Å². The second-order valence-electron chi connectivity index (χ2n) is 6.57. The molecule has 0 N–H and O–H groups in total. The number of aromatic nitrogens is 1. The van der Waals surface area contributed by atoms with Crippen LogP contribution in [0.1, 0.15) is 38.1 Å². The number of thiophene rings is 1. The summed E-state index contributed by atoms with van der Waals surface area (Å²) < 4.78 is 41.9. The molecule has 0 fully saturated rings. The first-order valence-corrected chi connectivity index (χ1v) is 9.41. The van der Waals surface area contributed by atoms with Crippen molar-refractivity contribution in [3.63, 3.8) is 0 Å². The molecule has 1 aliphatic heterocycles. The molecule has 4 rings (SSSR count). The van der Waals surface area contributed by atoms with E-state index in [0.717, 1.165) is 16.6 Å². The van der Waals surface area contributed by atoms with Gasteiger partial charge in [-0.3, -0.25) is 4.79 Å². The third kappa shape index (κ3) is 3.16. The highest BCUT2D eigenvalue weighted by molar-refractivity contribution is 7.10. The summed E-state index contributed by atoms with van der Waals surface area (Å²) in [5.41, 5.74) is 0.387. The molecule has 1 unspecified atom stereocenters. The normalized spacial score (nSPS) is 17.0. The second-order valence-corrected chi connectivity index (χ2v) is 7.55. The van der Waals surface area contributed by atoms with Crippen LogP contribution in [0, 0.1) is 6.92 Å². The van der Waals surface area contributed by atoms with Crippen LogP contribution in [-0.2, 0) is 12.7 Å². The number of fused-ring (bicyclic) bond motifs is 1. The zero-order valence-corrected chi connectivity index (χ0v) is 15.3. The van der Waals surface area contributed by atoms with Gasteiger partial charge in [-0.05, 0) is 48.2 Å². The summed E-state index contributed by atoms with van der Waals surface area (Å²) in [4.78, 5) is 15.8. The van der Waals surface area contributed by atoms with Crippen molar-refractivity contribution in [3.05, 3.63) is 81.3 Å². The Morgan fingerprint density at radius 3 is 2.67 bits per heavy atom. The van der Waals surface area contributed by atoms with Gasteiger partial charge in [-0.2, -0.15) is 13.2 Å². The summed E-state index contributed by atoms with van der Waals surface area (Å²) >= 11 is 1.54. The number of halogens is 3. The van der Waals surface area contributed by atoms with Crippen molar-refractivity contribution in [3.8, 4) is 0 Å². The van der Waals surface area contributed by atoms with E-state index in [2.05, 4.69) is 4.57 Å². The Kier molecular flexibility index (Phi) is 4.34. The summed E-state index contributed by atoms with van der Waals surface area (Å²) in [6.07, 6.45) is -2.52. The predicted octanol–water partition coefficient (Wildman–Crippen LogP) is 5.12. The summed E-state index contributed by atoms with van der Waals surface area (Å²) in [6.45, 7) is 2.46. The van der Waals surface area contributed by atoms with Gasteiger partial charge in [0.2, 0.25) is 0 Å². The minimum atomic E-state index is -4.48. The highest BCUT2D eigenvalue weighted by atomic mass is 32.1. The largest absolute Gasteiger partial charge is 0.416 e. The first kappa shape index (κ1) is 17.9. The van der Waals surface area contributed by atoms with Crippen molar-refractivity contribution >= 4 is 17.2 Å². The fourth-order valence-electron chi connectivity index (χ4n) is 3.57. The smallest absolute Gasteiger partial charge is 0.347 e. The average molecular weight is 390 g/mol. The molecule has 1 aliphatic rings. The number of hydrogen-bond donors (Lipinski definition) is 0. The van der Waals surface area contributed by atoms with Crippen LogP contribution in [-0.4, -0.2) is 21.9 Å². The Bertz CT molecular complexity index is 976. The van der Waals surface area contributed by atoms with Gasteiger partial charge in [0.05, 0.1) is 5.56 Å². The third-order valence-electron chi connectivity index (χ3n) is 4.90. The highest BCUT2D eigenvalue weighted by Crippen LogP contribution is 2.37. The van der Waals surface area contributed by atoms with Gasteiger partial charge in [-0.15, -0.1) is 11.3 Å². The Morgan fingerprint density at radius 1 is 1.15 bits per heavy atom. The van der Waals surface area contributed by atoms with Crippen molar-refractivity contribution in [2.24, 2.45) is 0 Å². The molecule has 0 spiro atoms. The number of alkyl halides is 3. The highest BCUT2D eigenvalue weighted by Gasteiger charge is 2.36. The van der Waals surface area contributed by atoms with Gasteiger partial charge in [-0.1, -0.05) is 12.1 Å². The Labute approximate surface area is 158 Å². The number of nitrogens with zero attached hydrogens (tertiary/aromatic N) is 2. The molecule has 3 aromatic rings. The zero-order chi connectivity index (χ0) is 19.2. The molecule has 27 heavy (non-hydrogen) atoms. The molecular formula is C20H17F3N2OS. The van der Waals surface area contributed by atoms with Crippen LogP contribution in [0.3, 0.4) is 0 Å². The summed E-state index contributed by atoms with van der Waals surface area (Å²) in [5.74, 6) is -0.383. The Hall–Kier alpha value is -2.54. The third-order valence-corrected chi connectivity index (χ3v) is 5.83. The van der Waals surface area contributed by atoms with E-state index >= 15 is 0 Å². The lowest BCUT2D eigenvalue weighted by atomic mass is 10.0. The fourth-order valence-corrected chi connectivity index (χ4v) is 4.42. The minimum absolute atomic E-state index is 0.0643. The Morgan fingerprint density at radius 2 is 1.96 bits per heavy atom. The van der Waals surface area contributed by atoms with E-state index in [1.54, 1.807) is 4.90 Å². The van der Waals surface area contributed by atoms with E-state index in [9.17, 15) is 18.0 Å². The van der Waals surface area contributed by atoms with Crippen molar-refractivity contribution in [1.29, 1.82) is 0 Å². The van der Waals surface area contributed by atoms with Crippen LogP contribution in [0.2, 0.25) is 0 Å². The van der Waals surface area contributed by atoms with Gasteiger partial charge in [-0.25, -0.2) is 0 Å². The molecular weight excluding hydrogens is 373 g/mol. The number of rotatable bonds is 2. The maximum atomic E-state index is 13.3. The van der Waals surface area contributed by atoms with E-state index in [4.69, 9.17) is 0 Å². The van der Waals surface area contributed by atoms with E-state index < -0.39 is 11.7 Å². The predicted molar refractivity (Wildman–Crippen MR) is 97.8 cm³/mol. The summed E-state index contributed by atoms with van der Waals surface area (Å²) in [5, 5.41) is 1.94. The lowest BCUT2D eigenvalue weighted by Crippen LogP contribution is -2.42. The topological polar surface area (TPSA) is 25.2 Å². The van der Waals surface area contributed by atoms with Gasteiger partial charge >= 0.3 is 6.18 Å². The van der Waals surface area contributed by atoms with Crippen LogP contribution in [0.25, 0.3) is 0 Å². The SMILES string of the molecule is Cc1ccc(C(=O)N2CCn3cccc3C2c2cccs2)cc1C(F)(F)F. The number of aryl methyl sites for hydroxylation is 1. The maximum absolute atomic E-state index is 13.3. The Balaban J connectivity index is 1.75. The summed E-state index contributed by atoms with van der Waals surface area (Å²) in [6, 6.07) is 11.3. The first-order valence-electron chi connectivity index (χ1n) is 8.53. The molecule has 0 aliphatic carbocycles. The van der Waals surface area contributed by atoms with Crippen LogP contribution < -0.4 is 0 Å². The van der Waals surface area contributed by atoms with Crippen LogP contribution in [0.15, 0.2) is 54.0 Å². The minimum Gasteiger partial charge on any atom is -0.347 e. The first-order chi connectivity index (χ1) is 12.9. The zero-order valence-electron chi connectivity index (χ0n) is 14.5. The molecule has 0 radical (unpaired) electrons. The van der Waals surface area contributed by atoms with Crippen LogP contribution >= 0.6 is 11.3 Å². The lowest BCUT2D eigenvalue weighted by Gasteiger charge is -2.36. The standard InChI is InChI=1S/C20H17F3N2OS/c1-13-6-7-14(12-15(13)20(21,22)23)19(26)25-10-9-24-8-2-4-16(24)18(25)17-5-3-11-27-17/h2-8,11-12,18H,9-10H2,1H3. The molecule has 0 saturated heterocycles. The molecule has 140 valence electrons. The van der Waals surface area contributed by atoms with Crippen molar-refractivity contribution in [2.75, 3.05) is 6.54 Å². The van der Waals surface area contributed by atoms with Gasteiger partial charge in [0.15, 0.2) is 0 Å². The van der Waals surface area contributed by atoms with Crippen molar-refractivity contribution in [2.45, 2.75) is 25.7 Å². The number of amides is 1. The molecule has 3 nitrogen and oxygen atoms in total. The summed E-state index contributed by atoms with van der Waals surface area (Å²) in [7, 11) is 0. The number of carbonyl (C=O) groups excluding carboxylic acids is 1. The molecule has 0 saturated carbocycles. The second kappa shape index (κ2) is 6.56. The molecule has 1 amide bonds. The van der Waals surface area contributed by atoms with Crippen LogP contribution in [0.4, 0.5) is 13.2 Å². The number of benzene rings is 1. The maximum Gasteiger partial charge on any atom is 0.416 e. The quantitative estimate of drug-likeness (QED) is 0.596. The van der Waals surface area contributed by atoms with E-state index in [1.807, 2.05) is 35.8 Å². The van der Waals surface area contributed by atoms with Crippen molar-refractivity contribution < 1.29 is 18.0 Å². The fraction of sp³-hybridized carbons (Fsp3) is 0.250. The van der Waals surface area contributed by atoms with E-state index in [0.29, 0.717) is 13.1 Å². The van der Waals surface area contributed by atoms with Gasteiger partial charge in [0.1, 0.15) is 6.04 Å². The molecule has 3 heterocycles. The van der Waals surface area contributed by atoms with Crippen LogP contribution in [0.5, 0.6) is 0 Å². The molecule has 7 heteroatoms.